The largest absolute Gasteiger partial charge is 0.335 e. The topological polar surface area (TPSA) is 70.2 Å². The predicted octanol–water partition coefficient (Wildman–Crippen LogP) is 5.67. The lowest BCUT2D eigenvalue weighted by molar-refractivity contribution is 0.251. The van der Waals surface area contributed by atoms with Crippen molar-refractivity contribution in [2.75, 3.05) is 16.8 Å². The average molecular weight is 446 g/mol. The van der Waals surface area contributed by atoms with Crippen LogP contribution in [0.3, 0.4) is 0 Å². The Balaban J connectivity index is 1.43. The molecule has 2 aromatic heterocycles. The van der Waals surface area contributed by atoms with Crippen LogP contribution in [0.1, 0.15) is 17.2 Å². The number of anilines is 3. The third-order valence-corrected chi connectivity index (χ3v) is 6.17. The molecule has 1 aliphatic rings. The number of carbonyl (C=O) groups excluding carboxylic acids is 1. The van der Waals surface area contributed by atoms with Crippen LogP contribution < -0.4 is 15.5 Å². The molecule has 3 heterocycles. The molecule has 32 heavy (non-hydrogen) atoms. The summed E-state index contributed by atoms with van der Waals surface area (Å²) in [6.07, 6.45) is 3.51. The van der Waals surface area contributed by atoms with E-state index in [1.165, 1.54) is 23.5 Å². The highest BCUT2D eigenvalue weighted by Crippen LogP contribution is 2.35. The molecule has 0 saturated carbocycles. The Morgan fingerprint density at radius 2 is 2.09 bits per heavy atom. The van der Waals surface area contributed by atoms with Gasteiger partial charge in [-0.05, 0) is 54.4 Å². The summed E-state index contributed by atoms with van der Waals surface area (Å²) in [5.74, 6) is -0.318. The van der Waals surface area contributed by atoms with Crippen LogP contribution >= 0.6 is 11.3 Å². The Morgan fingerprint density at radius 1 is 1.19 bits per heavy atom. The summed E-state index contributed by atoms with van der Waals surface area (Å²) in [6.45, 7) is 2.41. The van der Waals surface area contributed by atoms with Crippen LogP contribution in [0.4, 0.5) is 25.7 Å². The van der Waals surface area contributed by atoms with Gasteiger partial charge in [0.05, 0.1) is 11.7 Å². The van der Waals surface area contributed by atoms with Gasteiger partial charge >= 0.3 is 6.03 Å². The first-order valence-corrected chi connectivity index (χ1v) is 11.0. The Labute approximate surface area is 188 Å². The van der Waals surface area contributed by atoms with Gasteiger partial charge in [0, 0.05) is 41.3 Å². The molecule has 1 atom stereocenters. The first-order valence-electron chi connectivity index (χ1n) is 10.1. The number of aromatic nitrogens is 2. The van der Waals surface area contributed by atoms with Crippen molar-refractivity contribution in [3.8, 4) is 11.3 Å². The van der Waals surface area contributed by atoms with Crippen molar-refractivity contribution < 1.29 is 9.18 Å². The number of benzene rings is 2. The molecule has 2 aromatic carbocycles. The van der Waals surface area contributed by atoms with E-state index in [0.717, 1.165) is 38.9 Å². The van der Waals surface area contributed by atoms with E-state index in [2.05, 4.69) is 20.6 Å². The van der Waals surface area contributed by atoms with Gasteiger partial charge in [-0.15, -0.1) is 11.3 Å². The van der Waals surface area contributed by atoms with Crippen molar-refractivity contribution in [2.45, 2.75) is 13.0 Å². The van der Waals surface area contributed by atoms with Gasteiger partial charge in [0.1, 0.15) is 5.82 Å². The second-order valence-electron chi connectivity index (χ2n) is 7.53. The van der Waals surface area contributed by atoms with E-state index in [0.29, 0.717) is 6.54 Å². The molecule has 4 aromatic rings. The molecule has 0 radical (unpaired) electrons. The van der Waals surface area contributed by atoms with Gasteiger partial charge in [-0.25, -0.2) is 14.2 Å². The molecule has 0 aliphatic carbocycles. The second-order valence-corrected chi connectivity index (χ2v) is 8.39. The molecule has 1 aliphatic heterocycles. The third-order valence-electron chi connectivity index (χ3n) is 5.41. The number of amides is 2. The lowest BCUT2D eigenvalue weighted by Crippen LogP contribution is -2.29. The predicted molar refractivity (Wildman–Crippen MR) is 125 cm³/mol. The number of urea groups is 1. The number of carbonyl (C=O) groups is 1. The SMILES string of the molecule is Cc1ccc(N2C(=O)NCC2c2cccc(F)c2)cc1Nc1nc(-c2cccnc2)cs1. The number of thiazole rings is 1. The van der Waals surface area contributed by atoms with Crippen LogP contribution in [0.25, 0.3) is 11.3 Å². The fourth-order valence-corrected chi connectivity index (χ4v) is 4.50. The van der Waals surface area contributed by atoms with Crippen molar-refractivity contribution in [2.24, 2.45) is 0 Å². The summed E-state index contributed by atoms with van der Waals surface area (Å²) in [5.41, 5.74) is 5.16. The highest BCUT2D eigenvalue weighted by Gasteiger charge is 2.33. The molecule has 5 rings (SSSR count). The monoisotopic (exact) mass is 445 g/mol. The lowest BCUT2D eigenvalue weighted by atomic mass is 10.1. The van der Waals surface area contributed by atoms with Gasteiger partial charge < -0.3 is 10.6 Å². The van der Waals surface area contributed by atoms with E-state index in [4.69, 9.17) is 0 Å². The average Bonchev–Trinajstić information content (AvgIpc) is 3.43. The van der Waals surface area contributed by atoms with E-state index in [1.54, 1.807) is 23.4 Å². The van der Waals surface area contributed by atoms with E-state index in [1.807, 2.05) is 48.7 Å². The summed E-state index contributed by atoms with van der Waals surface area (Å²) in [4.78, 5) is 23.1. The van der Waals surface area contributed by atoms with Crippen LogP contribution in [0, 0.1) is 12.7 Å². The lowest BCUT2D eigenvalue weighted by Gasteiger charge is -2.24. The number of nitrogens with zero attached hydrogens (tertiary/aromatic N) is 3. The summed E-state index contributed by atoms with van der Waals surface area (Å²) < 4.78 is 13.8. The Bertz CT molecular complexity index is 1280. The van der Waals surface area contributed by atoms with Gasteiger partial charge in [0.15, 0.2) is 5.13 Å². The molecule has 1 saturated heterocycles. The zero-order chi connectivity index (χ0) is 22.1. The van der Waals surface area contributed by atoms with E-state index in [9.17, 15) is 9.18 Å². The Morgan fingerprint density at radius 3 is 2.91 bits per heavy atom. The number of aryl methyl sites for hydroxylation is 1. The first-order chi connectivity index (χ1) is 15.6. The quantitative estimate of drug-likeness (QED) is 0.415. The number of pyridine rings is 1. The summed E-state index contributed by atoms with van der Waals surface area (Å²) in [7, 11) is 0. The summed E-state index contributed by atoms with van der Waals surface area (Å²) >= 11 is 1.50. The van der Waals surface area contributed by atoms with Crippen LogP contribution in [-0.4, -0.2) is 22.5 Å². The van der Waals surface area contributed by atoms with E-state index < -0.39 is 0 Å². The van der Waals surface area contributed by atoms with Crippen molar-refractivity contribution in [3.63, 3.8) is 0 Å². The molecule has 8 heteroatoms. The summed E-state index contributed by atoms with van der Waals surface area (Å²) in [5, 5.41) is 8.97. The minimum Gasteiger partial charge on any atom is -0.335 e. The molecule has 2 N–H and O–H groups in total. The Kier molecular flexibility index (Phi) is 5.28. The fourth-order valence-electron chi connectivity index (χ4n) is 3.77. The molecule has 1 fully saturated rings. The van der Waals surface area contributed by atoms with Crippen LogP contribution in [0.15, 0.2) is 72.4 Å². The smallest absolute Gasteiger partial charge is 0.322 e. The second kappa shape index (κ2) is 8.39. The van der Waals surface area contributed by atoms with Crippen LogP contribution in [-0.2, 0) is 0 Å². The maximum absolute atomic E-state index is 13.8. The van der Waals surface area contributed by atoms with Crippen molar-refractivity contribution in [1.29, 1.82) is 0 Å². The Hall–Kier alpha value is -3.78. The number of rotatable bonds is 5. The van der Waals surface area contributed by atoms with Crippen molar-refractivity contribution in [3.05, 3.63) is 89.3 Å². The third kappa shape index (κ3) is 3.92. The molecular weight excluding hydrogens is 425 g/mol. The maximum Gasteiger partial charge on any atom is 0.322 e. The van der Waals surface area contributed by atoms with Crippen LogP contribution in [0.2, 0.25) is 0 Å². The van der Waals surface area contributed by atoms with Gasteiger partial charge in [0.2, 0.25) is 0 Å². The molecular formula is C24H20FN5OS. The highest BCUT2D eigenvalue weighted by atomic mass is 32.1. The zero-order valence-corrected chi connectivity index (χ0v) is 18.1. The molecule has 160 valence electrons. The van der Waals surface area contributed by atoms with Crippen LogP contribution in [0.5, 0.6) is 0 Å². The maximum atomic E-state index is 13.8. The number of hydrogen-bond acceptors (Lipinski definition) is 5. The number of halogens is 1. The molecule has 1 unspecified atom stereocenters. The molecule has 2 amide bonds. The molecule has 0 spiro atoms. The minimum atomic E-state index is -0.318. The normalized spacial score (nSPS) is 15.6. The van der Waals surface area contributed by atoms with Gasteiger partial charge in [-0.2, -0.15) is 0 Å². The first kappa shape index (κ1) is 20.1. The van der Waals surface area contributed by atoms with Crippen molar-refractivity contribution >= 4 is 33.9 Å². The van der Waals surface area contributed by atoms with E-state index in [-0.39, 0.29) is 17.9 Å². The van der Waals surface area contributed by atoms with Crippen molar-refractivity contribution in [1.82, 2.24) is 15.3 Å². The highest BCUT2D eigenvalue weighted by molar-refractivity contribution is 7.14. The number of nitrogens with one attached hydrogen (secondary N) is 2. The van der Waals surface area contributed by atoms with Gasteiger partial charge in [0.25, 0.3) is 0 Å². The van der Waals surface area contributed by atoms with E-state index >= 15 is 0 Å². The molecule has 6 nitrogen and oxygen atoms in total. The fraction of sp³-hybridized carbons (Fsp3) is 0.125. The number of hydrogen-bond donors (Lipinski definition) is 2. The summed E-state index contributed by atoms with van der Waals surface area (Å²) in [6, 6.07) is 15.5. The minimum absolute atomic E-state index is 0.206. The van der Waals surface area contributed by atoms with Gasteiger partial charge in [-0.1, -0.05) is 18.2 Å². The zero-order valence-electron chi connectivity index (χ0n) is 17.2. The van der Waals surface area contributed by atoms with Gasteiger partial charge in [-0.3, -0.25) is 9.88 Å². The molecule has 0 bridgehead atoms. The standard InChI is InChI=1S/C24H20FN5OS/c1-15-7-8-19(30-22(13-27-24(30)31)16-4-2-6-18(25)10-16)11-20(15)28-23-29-21(14-32-23)17-5-3-9-26-12-17/h2-12,14,22H,13H2,1H3,(H,27,31)(H,28,29).